The number of fused-ring (bicyclic) bond motifs is 1. The number of imidazole rings is 1. The highest BCUT2D eigenvalue weighted by Gasteiger charge is 2.50. The molecule has 1 saturated heterocycles. The van der Waals surface area contributed by atoms with Gasteiger partial charge in [-0.15, -0.1) is 0 Å². The monoisotopic (exact) mass is 461 g/mol. The first-order valence-corrected chi connectivity index (χ1v) is 8.72. The Kier molecular flexibility index (Phi) is 5.83. The van der Waals surface area contributed by atoms with Gasteiger partial charge in [-0.1, -0.05) is 0 Å². The molecule has 1 aliphatic rings. The lowest BCUT2D eigenvalue weighted by Gasteiger charge is -2.21. The SMILES string of the molecule is COc1nc(N)nc2c1n(CCC(F)(F)F)c(=O)n2[C@@H]1O[C@H]([C@@H](O)C(F)(F)F)C[C@H]1O. The quantitative estimate of drug-likeness (QED) is 0.554. The summed E-state index contributed by atoms with van der Waals surface area (Å²) in [7, 11) is 1.10. The van der Waals surface area contributed by atoms with Crippen LogP contribution in [0.1, 0.15) is 19.1 Å². The smallest absolute Gasteiger partial charge is 0.416 e. The molecule has 2 aromatic heterocycles. The Balaban J connectivity index is 2.13. The molecule has 1 fully saturated rings. The van der Waals surface area contributed by atoms with Crippen LogP contribution in [0, 0.1) is 0 Å². The van der Waals surface area contributed by atoms with Gasteiger partial charge >= 0.3 is 18.0 Å². The van der Waals surface area contributed by atoms with E-state index in [1.165, 1.54) is 0 Å². The molecule has 10 nitrogen and oxygen atoms in total. The van der Waals surface area contributed by atoms with Gasteiger partial charge in [-0.05, 0) is 0 Å². The third kappa shape index (κ3) is 4.40. The molecule has 1 aliphatic heterocycles. The lowest BCUT2D eigenvalue weighted by Crippen LogP contribution is -2.40. The molecule has 0 unspecified atom stereocenters. The molecule has 31 heavy (non-hydrogen) atoms. The number of hydrogen-bond acceptors (Lipinski definition) is 8. The number of aryl methyl sites for hydroxylation is 1. The predicted molar refractivity (Wildman–Crippen MR) is 90.0 cm³/mol. The maximum absolute atomic E-state index is 12.9. The van der Waals surface area contributed by atoms with Crippen molar-refractivity contribution >= 4 is 17.1 Å². The number of anilines is 1. The van der Waals surface area contributed by atoms with Crippen LogP contribution < -0.4 is 16.2 Å². The van der Waals surface area contributed by atoms with E-state index in [-0.39, 0.29) is 11.4 Å². The number of methoxy groups -OCH3 is 1. The van der Waals surface area contributed by atoms with E-state index in [4.69, 9.17) is 15.2 Å². The molecule has 0 saturated carbocycles. The number of halogens is 6. The van der Waals surface area contributed by atoms with Crippen molar-refractivity contribution in [1.29, 1.82) is 0 Å². The third-order valence-electron chi connectivity index (χ3n) is 4.66. The number of rotatable bonds is 5. The van der Waals surface area contributed by atoms with Crippen LogP contribution in [0.4, 0.5) is 32.3 Å². The maximum atomic E-state index is 12.9. The second kappa shape index (κ2) is 7.83. The topological polar surface area (TPSA) is 138 Å². The van der Waals surface area contributed by atoms with Crippen molar-refractivity contribution in [2.24, 2.45) is 0 Å². The molecule has 0 bridgehead atoms. The van der Waals surface area contributed by atoms with Crippen LogP contribution in [0.25, 0.3) is 11.2 Å². The summed E-state index contributed by atoms with van der Waals surface area (Å²) in [4.78, 5) is 20.4. The summed E-state index contributed by atoms with van der Waals surface area (Å²) in [5, 5.41) is 19.6. The third-order valence-corrected chi connectivity index (χ3v) is 4.66. The van der Waals surface area contributed by atoms with Gasteiger partial charge in [0.2, 0.25) is 11.8 Å². The zero-order chi connectivity index (χ0) is 23.3. The Hall–Kier alpha value is -2.59. The Morgan fingerprint density at radius 3 is 2.48 bits per heavy atom. The van der Waals surface area contributed by atoms with E-state index in [9.17, 15) is 41.4 Å². The molecule has 3 rings (SSSR count). The number of nitrogen functional groups attached to an aromatic ring is 1. The van der Waals surface area contributed by atoms with Gasteiger partial charge in [0, 0.05) is 13.0 Å². The molecule has 0 amide bonds. The number of aliphatic hydroxyl groups is 2. The molecular formula is C15H17F6N5O5. The molecule has 2 aromatic rings. The minimum absolute atomic E-state index is 0.318. The van der Waals surface area contributed by atoms with E-state index in [0.29, 0.717) is 9.13 Å². The number of nitrogens with two attached hydrogens (primary N) is 1. The van der Waals surface area contributed by atoms with Gasteiger partial charge in [0.25, 0.3) is 0 Å². The van der Waals surface area contributed by atoms with Crippen molar-refractivity contribution in [2.75, 3.05) is 12.8 Å². The first-order valence-electron chi connectivity index (χ1n) is 8.72. The minimum Gasteiger partial charge on any atom is -0.479 e. The predicted octanol–water partition coefficient (Wildman–Crippen LogP) is 0.708. The van der Waals surface area contributed by atoms with Crippen LogP contribution in [0.15, 0.2) is 4.79 Å². The number of nitrogens with zero attached hydrogens (tertiary/aromatic N) is 4. The molecule has 0 aromatic carbocycles. The van der Waals surface area contributed by atoms with Gasteiger partial charge in [0.05, 0.1) is 19.6 Å². The highest BCUT2D eigenvalue weighted by molar-refractivity contribution is 5.78. The van der Waals surface area contributed by atoms with Crippen molar-refractivity contribution in [3.05, 3.63) is 10.5 Å². The van der Waals surface area contributed by atoms with E-state index < -0.39 is 73.6 Å². The van der Waals surface area contributed by atoms with E-state index in [0.717, 1.165) is 7.11 Å². The second-order valence-corrected chi connectivity index (χ2v) is 6.79. The van der Waals surface area contributed by atoms with Gasteiger partial charge < -0.3 is 25.4 Å². The molecule has 0 radical (unpaired) electrons. The summed E-state index contributed by atoms with van der Waals surface area (Å²) in [5.74, 6) is -0.815. The van der Waals surface area contributed by atoms with Crippen molar-refractivity contribution in [3.8, 4) is 5.88 Å². The van der Waals surface area contributed by atoms with Crippen LogP contribution in [0.3, 0.4) is 0 Å². The van der Waals surface area contributed by atoms with Gasteiger partial charge in [0.1, 0.15) is 6.10 Å². The molecule has 4 N–H and O–H groups in total. The number of ether oxygens (including phenoxy) is 2. The highest BCUT2D eigenvalue weighted by atomic mass is 19.4. The lowest BCUT2D eigenvalue weighted by atomic mass is 10.1. The summed E-state index contributed by atoms with van der Waals surface area (Å²) >= 11 is 0. The Labute approximate surface area is 168 Å². The van der Waals surface area contributed by atoms with Gasteiger partial charge in [-0.25, -0.2) is 9.36 Å². The Bertz CT molecular complexity index is 1020. The molecule has 174 valence electrons. The van der Waals surface area contributed by atoms with Crippen molar-refractivity contribution in [3.63, 3.8) is 0 Å². The summed E-state index contributed by atoms with van der Waals surface area (Å²) < 4.78 is 87.9. The van der Waals surface area contributed by atoms with Crippen molar-refractivity contribution < 1.29 is 46.0 Å². The summed E-state index contributed by atoms with van der Waals surface area (Å²) in [6.07, 6.45) is -20.2. The van der Waals surface area contributed by atoms with Crippen LogP contribution in [0.2, 0.25) is 0 Å². The summed E-state index contributed by atoms with van der Waals surface area (Å²) in [5.41, 5.74) is 3.63. The zero-order valence-corrected chi connectivity index (χ0v) is 15.7. The van der Waals surface area contributed by atoms with Crippen molar-refractivity contribution in [1.82, 2.24) is 19.1 Å². The van der Waals surface area contributed by atoms with Crippen LogP contribution in [-0.2, 0) is 11.3 Å². The fraction of sp³-hybridized carbons (Fsp3) is 0.667. The van der Waals surface area contributed by atoms with E-state index in [1.807, 2.05) is 0 Å². The molecule has 0 spiro atoms. The average molecular weight is 461 g/mol. The van der Waals surface area contributed by atoms with Crippen molar-refractivity contribution in [2.45, 2.75) is 56.3 Å². The molecule has 3 heterocycles. The fourth-order valence-electron chi connectivity index (χ4n) is 3.30. The van der Waals surface area contributed by atoms with Crippen LogP contribution in [-0.4, -0.2) is 67.1 Å². The number of aliphatic hydroxyl groups excluding tert-OH is 2. The highest BCUT2D eigenvalue weighted by Crippen LogP contribution is 2.37. The molecule has 16 heteroatoms. The molecular weight excluding hydrogens is 444 g/mol. The first kappa shape index (κ1) is 23.1. The zero-order valence-electron chi connectivity index (χ0n) is 15.7. The fourth-order valence-corrected chi connectivity index (χ4v) is 3.30. The minimum atomic E-state index is -5.07. The largest absolute Gasteiger partial charge is 0.479 e. The molecule has 0 aliphatic carbocycles. The van der Waals surface area contributed by atoms with E-state index in [2.05, 4.69) is 9.97 Å². The Morgan fingerprint density at radius 2 is 1.94 bits per heavy atom. The number of alkyl halides is 6. The average Bonchev–Trinajstić information content (AvgIpc) is 3.14. The standard InChI is InChI=1S/C15H17F6N5O5/c1-30-10-7-9(23-12(22)24-10)26(13(29)25(7)3-2-14(16,17)18)11-5(27)4-6(31-11)8(28)15(19,20)21/h5-6,8,11,27-28H,2-4H2,1H3,(H2,22,23,24)/t5-,6+,8-,11-/m1/s1. The number of aromatic nitrogens is 4. The lowest BCUT2D eigenvalue weighted by molar-refractivity contribution is -0.237. The second-order valence-electron chi connectivity index (χ2n) is 6.79. The van der Waals surface area contributed by atoms with Gasteiger partial charge in [0.15, 0.2) is 23.5 Å². The van der Waals surface area contributed by atoms with E-state index in [1.54, 1.807) is 0 Å². The van der Waals surface area contributed by atoms with Gasteiger partial charge in [-0.3, -0.25) is 4.57 Å². The number of hydrogen-bond donors (Lipinski definition) is 3. The van der Waals surface area contributed by atoms with Crippen LogP contribution >= 0.6 is 0 Å². The molecule has 4 atom stereocenters. The Morgan fingerprint density at radius 1 is 1.29 bits per heavy atom. The normalized spacial score (nSPS) is 23.5. The van der Waals surface area contributed by atoms with Crippen LogP contribution in [0.5, 0.6) is 5.88 Å². The first-order chi connectivity index (χ1) is 14.2. The maximum Gasteiger partial charge on any atom is 0.416 e. The summed E-state index contributed by atoms with van der Waals surface area (Å²) in [6, 6.07) is 0. The van der Waals surface area contributed by atoms with E-state index >= 15 is 0 Å². The summed E-state index contributed by atoms with van der Waals surface area (Å²) in [6.45, 7) is -0.896. The van der Waals surface area contributed by atoms with Gasteiger partial charge in [-0.2, -0.15) is 36.3 Å².